The van der Waals surface area contributed by atoms with Gasteiger partial charge in [-0.15, -0.1) is 11.3 Å². The summed E-state index contributed by atoms with van der Waals surface area (Å²) in [4.78, 5) is 14.3. The summed E-state index contributed by atoms with van der Waals surface area (Å²) in [6, 6.07) is 11.9. The summed E-state index contributed by atoms with van der Waals surface area (Å²) in [6.45, 7) is 2.64. The molecule has 1 amide bonds. The van der Waals surface area contributed by atoms with Crippen LogP contribution in [0.4, 0.5) is 0 Å². The Morgan fingerprint density at radius 2 is 1.71 bits per heavy atom. The van der Waals surface area contributed by atoms with Crippen LogP contribution in [0, 0.1) is 5.92 Å². The van der Waals surface area contributed by atoms with Gasteiger partial charge in [-0.1, -0.05) is 30.3 Å². The average Bonchev–Trinajstić information content (AvgIpc) is 3.41. The molecule has 2 aliphatic heterocycles. The summed E-state index contributed by atoms with van der Waals surface area (Å²) in [6.07, 6.45) is 4.80. The van der Waals surface area contributed by atoms with E-state index < -0.39 is 10.0 Å². The number of rotatable bonds is 5. The first-order valence-corrected chi connectivity index (χ1v) is 12.3. The van der Waals surface area contributed by atoms with Gasteiger partial charge in [-0.2, -0.15) is 4.31 Å². The number of carbonyl (C=O) groups excluding carboxylic acids is 1. The molecule has 28 heavy (non-hydrogen) atoms. The van der Waals surface area contributed by atoms with Gasteiger partial charge in [0, 0.05) is 31.6 Å². The van der Waals surface area contributed by atoms with Crippen molar-refractivity contribution in [3.8, 4) is 0 Å². The van der Waals surface area contributed by atoms with Crippen molar-refractivity contribution in [2.24, 2.45) is 5.92 Å². The fraction of sp³-hybridized carbons (Fsp3) is 0.476. The highest BCUT2D eigenvalue weighted by atomic mass is 32.2. The Balaban J connectivity index is 1.38. The Bertz CT molecular complexity index is 910. The molecule has 1 aromatic heterocycles. The van der Waals surface area contributed by atoms with Gasteiger partial charge < -0.3 is 4.90 Å². The minimum Gasteiger partial charge on any atom is -0.339 e. The summed E-state index contributed by atoms with van der Waals surface area (Å²) < 4.78 is 27.9. The highest BCUT2D eigenvalue weighted by Crippen LogP contribution is 2.30. The minimum absolute atomic E-state index is 0.0447. The fourth-order valence-electron chi connectivity index (χ4n) is 4.10. The van der Waals surface area contributed by atoms with Gasteiger partial charge in [-0.3, -0.25) is 4.79 Å². The van der Waals surface area contributed by atoms with E-state index >= 15 is 0 Å². The maximum atomic E-state index is 13.0. The molecule has 4 rings (SSSR count). The molecule has 1 aromatic carbocycles. The second-order valence-electron chi connectivity index (χ2n) is 7.69. The Morgan fingerprint density at radius 3 is 2.39 bits per heavy atom. The zero-order valence-electron chi connectivity index (χ0n) is 15.9. The number of hydrogen-bond donors (Lipinski definition) is 0. The minimum atomic E-state index is -3.51. The van der Waals surface area contributed by atoms with Gasteiger partial charge in [0.2, 0.25) is 0 Å². The third-order valence-corrected chi connectivity index (χ3v) is 9.06. The van der Waals surface area contributed by atoms with E-state index in [4.69, 9.17) is 0 Å². The van der Waals surface area contributed by atoms with Gasteiger partial charge in [-0.25, -0.2) is 8.42 Å². The number of thiophene rings is 1. The van der Waals surface area contributed by atoms with E-state index in [9.17, 15) is 13.2 Å². The van der Waals surface area contributed by atoms with Crippen LogP contribution in [0.5, 0.6) is 0 Å². The number of sulfonamides is 1. The standard InChI is InChI=1S/C21H26N2O3S2/c24-21(22-10-4-5-11-22)19-15-20(27-16-19)28(25,26)23-12-8-18(9-13-23)14-17-6-2-1-3-7-17/h1-3,6-7,15-16,18H,4-5,8-14H2. The molecule has 0 bridgehead atoms. The predicted molar refractivity (Wildman–Crippen MR) is 111 cm³/mol. The molecule has 2 aromatic rings. The first-order chi connectivity index (χ1) is 13.5. The number of amides is 1. The lowest BCUT2D eigenvalue weighted by Crippen LogP contribution is -2.38. The van der Waals surface area contributed by atoms with Crippen molar-refractivity contribution in [2.75, 3.05) is 26.2 Å². The van der Waals surface area contributed by atoms with Crippen LogP contribution in [0.3, 0.4) is 0 Å². The van der Waals surface area contributed by atoms with E-state index in [2.05, 4.69) is 12.1 Å². The summed E-state index contributed by atoms with van der Waals surface area (Å²) in [5.74, 6) is 0.473. The van der Waals surface area contributed by atoms with Gasteiger partial charge >= 0.3 is 0 Å². The molecule has 2 fully saturated rings. The molecular weight excluding hydrogens is 392 g/mol. The van der Waals surface area contributed by atoms with E-state index in [0.29, 0.717) is 24.6 Å². The lowest BCUT2D eigenvalue weighted by atomic mass is 9.91. The first kappa shape index (κ1) is 19.6. The third kappa shape index (κ3) is 4.16. The number of benzene rings is 1. The van der Waals surface area contributed by atoms with Crippen molar-refractivity contribution in [2.45, 2.75) is 36.3 Å². The van der Waals surface area contributed by atoms with E-state index in [1.54, 1.807) is 15.8 Å². The van der Waals surface area contributed by atoms with Gasteiger partial charge in [0.1, 0.15) is 4.21 Å². The number of carbonyl (C=O) groups is 1. The molecule has 0 aliphatic carbocycles. The maximum absolute atomic E-state index is 13.0. The molecule has 7 heteroatoms. The van der Waals surface area contributed by atoms with Crippen LogP contribution in [-0.2, 0) is 16.4 Å². The Hall–Kier alpha value is -1.70. The molecule has 5 nitrogen and oxygen atoms in total. The van der Waals surface area contributed by atoms with Gasteiger partial charge in [0.25, 0.3) is 15.9 Å². The van der Waals surface area contributed by atoms with Crippen molar-refractivity contribution in [3.05, 3.63) is 52.9 Å². The molecule has 3 heterocycles. The largest absolute Gasteiger partial charge is 0.339 e. The van der Waals surface area contributed by atoms with Crippen molar-refractivity contribution in [1.29, 1.82) is 0 Å². The van der Waals surface area contributed by atoms with Crippen LogP contribution in [0.1, 0.15) is 41.6 Å². The van der Waals surface area contributed by atoms with Crippen LogP contribution in [-0.4, -0.2) is 49.7 Å². The third-order valence-electron chi connectivity index (χ3n) is 5.75. The van der Waals surface area contributed by atoms with Crippen LogP contribution >= 0.6 is 11.3 Å². The quantitative estimate of drug-likeness (QED) is 0.745. The number of hydrogen-bond acceptors (Lipinski definition) is 4. The summed E-state index contributed by atoms with van der Waals surface area (Å²) >= 11 is 1.16. The second kappa shape index (κ2) is 8.35. The molecule has 0 radical (unpaired) electrons. The molecule has 150 valence electrons. The molecule has 0 saturated carbocycles. The number of piperidine rings is 1. The number of nitrogens with zero attached hydrogens (tertiary/aromatic N) is 2. The zero-order valence-corrected chi connectivity index (χ0v) is 17.6. The van der Waals surface area contributed by atoms with Crippen LogP contribution in [0.15, 0.2) is 46.0 Å². The maximum Gasteiger partial charge on any atom is 0.254 e. The van der Waals surface area contributed by atoms with Crippen LogP contribution in [0.25, 0.3) is 0 Å². The van der Waals surface area contributed by atoms with Crippen LogP contribution in [0.2, 0.25) is 0 Å². The highest BCUT2D eigenvalue weighted by molar-refractivity contribution is 7.91. The van der Waals surface area contributed by atoms with Gasteiger partial charge in [0.15, 0.2) is 0 Å². The van der Waals surface area contributed by atoms with E-state index in [-0.39, 0.29) is 10.1 Å². The normalized spacial score (nSPS) is 19.2. The molecule has 2 aliphatic rings. The molecule has 0 N–H and O–H groups in total. The molecule has 0 spiro atoms. The molecule has 0 unspecified atom stereocenters. The van der Waals surface area contributed by atoms with E-state index in [1.165, 1.54) is 5.56 Å². The average molecular weight is 419 g/mol. The summed E-state index contributed by atoms with van der Waals surface area (Å²) in [5, 5.41) is 1.69. The van der Waals surface area contributed by atoms with Crippen molar-refractivity contribution in [1.82, 2.24) is 9.21 Å². The lowest BCUT2D eigenvalue weighted by molar-refractivity contribution is 0.0793. The summed E-state index contributed by atoms with van der Waals surface area (Å²) in [5.41, 5.74) is 1.82. The second-order valence-corrected chi connectivity index (χ2v) is 10.8. The molecular formula is C21H26N2O3S2. The van der Waals surface area contributed by atoms with Gasteiger partial charge in [-0.05, 0) is 49.7 Å². The first-order valence-electron chi connectivity index (χ1n) is 9.96. The lowest BCUT2D eigenvalue weighted by Gasteiger charge is -2.30. The summed E-state index contributed by atoms with van der Waals surface area (Å²) in [7, 11) is -3.51. The van der Waals surface area contributed by atoms with E-state index in [1.807, 2.05) is 23.1 Å². The Labute approximate surface area is 171 Å². The number of likely N-dealkylation sites (tertiary alicyclic amines) is 1. The topological polar surface area (TPSA) is 57.7 Å². The van der Waals surface area contributed by atoms with Crippen molar-refractivity contribution >= 4 is 27.3 Å². The monoisotopic (exact) mass is 418 g/mol. The molecule has 0 atom stereocenters. The molecule has 2 saturated heterocycles. The SMILES string of the molecule is O=C(c1csc(S(=O)(=O)N2CCC(Cc3ccccc3)CC2)c1)N1CCCC1. The highest BCUT2D eigenvalue weighted by Gasteiger charge is 2.31. The fourth-order valence-corrected chi connectivity index (χ4v) is 6.87. The van der Waals surface area contributed by atoms with Crippen molar-refractivity contribution < 1.29 is 13.2 Å². The van der Waals surface area contributed by atoms with Crippen LogP contribution < -0.4 is 0 Å². The Morgan fingerprint density at radius 1 is 1.04 bits per heavy atom. The predicted octanol–water partition coefficient (Wildman–Crippen LogP) is 3.63. The van der Waals surface area contributed by atoms with Crippen molar-refractivity contribution in [3.63, 3.8) is 0 Å². The smallest absolute Gasteiger partial charge is 0.254 e. The zero-order chi connectivity index (χ0) is 19.6. The van der Waals surface area contributed by atoms with Gasteiger partial charge in [0.05, 0.1) is 5.56 Å². The Kier molecular flexibility index (Phi) is 5.85. The van der Waals surface area contributed by atoms with E-state index in [0.717, 1.165) is 56.5 Å².